The molecule has 1 amide bonds. The molecule has 5 nitrogen and oxygen atoms in total. The summed E-state index contributed by atoms with van der Waals surface area (Å²) >= 11 is 0. The number of nitrogens with one attached hydrogen (secondary N) is 1. The molecular weight excluding hydrogens is 352 g/mol. The number of fused-ring (bicyclic) bond motifs is 1. The molecule has 0 aliphatic carbocycles. The van der Waals surface area contributed by atoms with Crippen molar-refractivity contribution < 1.29 is 18.3 Å². The number of carbonyl (C=O) groups excluding carboxylic acids is 1. The number of amides is 1. The van der Waals surface area contributed by atoms with E-state index in [9.17, 15) is 13.6 Å². The normalized spacial score (nSPS) is 15.4. The largest absolute Gasteiger partial charge is 0.434 e. The number of para-hydroxylation sites is 3. The predicted molar refractivity (Wildman–Crippen MR) is 97.0 cm³/mol. The quantitative estimate of drug-likeness (QED) is 0.748. The first-order chi connectivity index (χ1) is 13.1. The van der Waals surface area contributed by atoms with Crippen LogP contribution in [0.1, 0.15) is 34.9 Å². The summed E-state index contributed by atoms with van der Waals surface area (Å²) in [6, 6.07) is 14.0. The van der Waals surface area contributed by atoms with E-state index in [1.165, 1.54) is 12.1 Å². The monoisotopic (exact) mass is 371 g/mol. The lowest BCUT2D eigenvalue weighted by Crippen LogP contribution is -2.38. The molecule has 0 bridgehead atoms. The molecule has 1 aliphatic rings. The zero-order valence-corrected chi connectivity index (χ0v) is 14.6. The Kier molecular flexibility index (Phi) is 4.75. The molecule has 2 heterocycles. The standard InChI is InChI=1S/C20H19F2N3O2/c21-20(22)27-17-8-4-1-5-14(17)19(26)25-11-9-13(10-12-25)18-23-15-6-2-3-7-16(15)24-18/h1-8,13,20H,9-12H2,(H,23,24). The second-order valence-corrected chi connectivity index (χ2v) is 6.58. The molecule has 7 heteroatoms. The molecule has 0 saturated carbocycles. The third kappa shape index (κ3) is 3.63. The molecule has 0 atom stereocenters. The number of imidazole rings is 1. The minimum absolute atomic E-state index is 0.0862. The molecule has 3 aromatic rings. The van der Waals surface area contributed by atoms with Gasteiger partial charge in [-0.05, 0) is 37.1 Å². The predicted octanol–water partition coefficient (Wildman–Crippen LogP) is 4.18. The van der Waals surface area contributed by atoms with Gasteiger partial charge in [0.2, 0.25) is 0 Å². The molecule has 0 radical (unpaired) electrons. The van der Waals surface area contributed by atoms with Crippen LogP contribution in [0.3, 0.4) is 0 Å². The summed E-state index contributed by atoms with van der Waals surface area (Å²) in [5, 5.41) is 0. The average molecular weight is 371 g/mol. The molecule has 1 saturated heterocycles. The van der Waals surface area contributed by atoms with Crippen molar-refractivity contribution in [2.75, 3.05) is 13.1 Å². The van der Waals surface area contributed by atoms with Crippen LogP contribution in [0.4, 0.5) is 8.78 Å². The topological polar surface area (TPSA) is 58.2 Å². The lowest BCUT2D eigenvalue weighted by atomic mass is 9.95. The van der Waals surface area contributed by atoms with E-state index < -0.39 is 6.61 Å². The van der Waals surface area contributed by atoms with Crippen LogP contribution in [-0.2, 0) is 0 Å². The van der Waals surface area contributed by atoms with Crippen LogP contribution in [0.2, 0.25) is 0 Å². The van der Waals surface area contributed by atoms with Gasteiger partial charge in [0.1, 0.15) is 11.6 Å². The van der Waals surface area contributed by atoms with Gasteiger partial charge in [-0.1, -0.05) is 24.3 Å². The van der Waals surface area contributed by atoms with E-state index in [0.29, 0.717) is 13.1 Å². The van der Waals surface area contributed by atoms with E-state index in [1.807, 2.05) is 24.3 Å². The van der Waals surface area contributed by atoms with Crippen LogP contribution in [0.25, 0.3) is 11.0 Å². The number of piperidine rings is 1. The van der Waals surface area contributed by atoms with Gasteiger partial charge in [0, 0.05) is 19.0 Å². The average Bonchev–Trinajstić information content (AvgIpc) is 3.12. The number of ether oxygens (including phenoxy) is 1. The number of benzene rings is 2. The third-order valence-corrected chi connectivity index (χ3v) is 4.91. The van der Waals surface area contributed by atoms with Crippen molar-refractivity contribution in [2.45, 2.75) is 25.4 Å². The van der Waals surface area contributed by atoms with Gasteiger partial charge in [0.25, 0.3) is 5.91 Å². The van der Waals surface area contributed by atoms with Crippen molar-refractivity contribution in [1.29, 1.82) is 0 Å². The molecule has 1 N–H and O–H groups in total. The number of hydrogen-bond acceptors (Lipinski definition) is 3. The van der Waals surface area contributed by atoms with Gasteiger partial charge in [0.05, 0.1) is 16.6 Å². The van der Waals surface area contributed by atoms with Crippen molar-refractivity contribution >= 4 is 16.9 Å². The van der Waals surface area contributed by atoms with Gasteiger partial charge in [-0.15, -0.1) is 0 Å². The van der Waals surface area contributed by atoms with E-state index in [-0.39, 0.29) is 23.1 Å². The first-order valence-electron chi connectivity index (χ1n) is 8.89. The van der Waals surface area contributed by atoms with E-state index in [4.69, 9.17) is 0 Å². The Morgan fingerprint density at radius 3 is 2.56 bits per heavy atom. The number of carbonyl (C=O) groups is 1. The number of alkyl halides is 2. The first-order valence-corrected chi connectivity index (χ1v) is 8.89. The molecule has 1 fully saturated rings. The van der Waals surface area contributed by atoms with Crippen LogP contribution in [0, 0.1) is 0 Å². The summed E-state index contributed by atoms with van der Waals surface area (Å²) < 4.78 is 29.6. The summed E-state index contributed by atoms with van der Waals surface area (Å²) in [6.07, 6.45) is 1.53. The van der Waals surface area contributed by atoms with Crippen molar-refractivity contribution in [2.24, 2.45) is 0 Å². The highest BCUT2D eigenvalue weighted by Gasteiger charge is 2.28. The summed E-state index contributed by atoms with van der Waals surface area (Å²) in [6.45, 7) is -1.87. The lowest BCUT2D eigenvalue weighted by molar-refractivity contribution is -0.0503. The van der Waals surface area contributed by atoms with Gasteiger partial charge in [0.15, 0.2) is 0 Å². The third-order valence-electron chi connectivity index (χ3n) is 4.91. The number of aromatic nitrogens is 2. The SMILES string of the molecule is O=C(c1ccccc1OC(F)F)N1CCC(c2nc3ccccc3[nH]2)CC1. The summed E-state index contributed by atoms with van der Waals surface area (Å²) in [5.74, 6) is 0.810. The minimum atomic E-state index is -2.96. The minimum Gasteiger partial charge on any atom is -0.434 e. The molecule has 0 spiro atoms. The Balaban J connectivity index is 1.45. The fraction of sp³-hybridized carbons (Fsp3) is 0.300. The number of hydrogen-bond donors (Lipinski definition) is 1. The summed E-state index contributed by atoms with van der Waals surface area (Å²) in [4.78, 5) is 22.5. The summed E-state index contributed by atoms with van der Waals surface area (Å²) in [7, 11) is 0. The van der Waals surface area contributed by atoms with Gasteiger partial charge in [-0.3, -0.25) is 4.79 Å². The van der Waals surface area contributed by atoms with Crippen LogP contribution < -0.4 is 4.74 Å². The van der Waals surface area contributed by atoms with Crippen LogP contribution in [-0.4, -0.2) is 40.5 Å². The zero-order chi connectivity index (χ0) is 18.8. The Labute approximate surface area is 155 Å². The Hall–Kier alpha value is -2.96. The van der Waals surface area contributed by atoms with Crippen molar-refractivity contribution in [3.05, 3.63) is 59.9 Å². The Morgan fingerprint density at radius 2 is 1.81 bits per heavy atom. The number of H-pyrrole nitrogens is 1. The number of rotatable bonds is 4. The molecule has 1 aromatic heterocycles. The highest BCUT2D eigenvalue weighted by Crippen LogP contribution is 2.30. The number of nitrogens with zero attached hydrogens (tertiary/aromatic N) is 2. The van der Waals surface area contributed by atoms with E-state index in [2.05, 4.69) is 14.7 Å². The van der Waals surface area contributed by atoms with Crippen molar-refractivity contribution in [3.63, 3.8) is 0 Å². The molecule has 27 heavy (non-hydrogen) atoms. The number of likely N-dealkylation sites (tertiary alicyclic amines) is 1. The maximum Gasteiger partial charge on any atom is 0.387 e. The molecule has 2 aromatic carbocycles. The van der Waals surface area contributed by atoms with E-state index in [0.717, 1.165) is 29.7 Å². The highest BCUT2D eigenvalue weighted by atomic mass is 19.3. The molecule has 140 valence electrons. The van der Waals surface area contributed by atoms with Crippen molar-refractivity contribution in [3.8, 4) is 5.75 Å². The van der Waals surface area contributed by atoms with E-state index in [1.54, 1.807) is 17.0 Å². The highest BCUT2D eigenvalue weighted by molar-refractivity contribution is 5.97. The second kappa shape index (κ2) is 7.34. The zero-order valence-electron chi connectivity index (χ0n) is 14.6. The maximum absolute atomic E-state index is 12.8. The van der Waals surface area contributed by atoms with Crippen LogP contribution in [0.5, 0.6) is 5.75 Å². The maximum atomic E-state index is 12.8. The molecule has 4 rings (SSSR count). The van der Waals surface area contributed by atoms with Gasteiger partial charge < -0.3 is 14.6 Å². The fourth-order valence-corrected chi connectivity index (χ4v) is 3.53. The Bertz CT molecular complexity index is 916. The van der Waals surface area contributed by atoms with Crippen LogP contribution in [0.15, 0.2) is 48.5 Å². The first kappa shape index (κ1) is 17.5. The molecule has 1 aliphatic heterocycles. The number of aromatic amines is 1. The molecule has 0 unspecified atom stereocenters. The molecular formula is C20H19F2N3O2. The van der Waals surface area contributed by atoms with Gasteiger partial charge in [-0.25, -0.2) is 4.98 Å². The number of halogens is 2. The van der Waals surface area contributed by atoms with Gasteiger partial charge >= 0.3 is 6.61 Å². The summed E-state index contributed by atoms with van der Waals surface area (Å²) in [5.41, 5.74) is 2.10. The van der Waals surface area contributed by atoms with Crippen LogP contribution >= 0.6 is 0 Å². The second-order valence-electron chi connectivity index (χ2n) is 6.58. The van der Waals surface area contributed by atoms with E-state index >= 15 is 0 Å². The van der Waals surface area contributed by atoms with Gasteiger partial charge in [-0.2, -0.15) is 8.78 Å². The lowest BCUT2D eigenvalue weighted by Gasteiger charge is -2.31. The smallest absolute Gasteiger partial charge is 0.387 e. The fourth-order valence-electron chi connectivity index (χ4n) is 3.53. The van der Waals surface area contributed by atoms with Crippen molar-refractivity contribution in [1.82, 2.24) is 14.9 Å². The Morgan fingerprint density at radius 1 is 1.11 bits per heavy atom.